The van der Waals surface area contributed by atoms with E-state index < -0.39 is 12.0 Å². The second-order valence-electron chi connectivity index (χ2n) is 5.92. The fourth-order valence-corrected chi connectivity index (χ4v) is 2.09. The van der Waals surface area contributed by atoms with Gasteiger partial charge in [-0.15, -0.1) is 0 Å². The van der Waals surface area contributed by atoms with Crippen LogP contribution in [0.2, 0.25) is 0 Å². The number of carbonyl (C=O) groups is 2. The van der Waals surface area contributed by atoms with Crippen molar-refractivity contribution in [3.63, 3.8) is 0 Å². The molecule has 0 aliphatic rings. The van der Waals surface area contributed by atoms with Crippen LogP contribution in [0.15, 0.2) is 28.8 Å². The Hall–Kier alpha value is -2.70. The molecule has 0 unspecified atom stereocenters. The molecule has 0 bridgehead atoms. The van der Waals surface area contributed by atoms with E-state index in [1.54, 1.807) is 0 Å². The van der Waals surface area contributed by atoms with Gasteiger partial charge in [-0.3, -0.25) is 9.59 Å². The first-order valence-corrected chi connectivity index (χ1v) is 7.82. The Bertz CT molecular complexity index is 707. The van der Waals surface area contributed by atoms with Crippen LogP contribution in [0.1, 0.15) is 44.6 Å². The Morgan fingerprint density at radius 2 is 1.88 bits per heavy atom. The highest BCUT2D eigenvalue weighted by Gasteiger charge is 2.15. The Morgan fingerprint density at radius 1 is 1.21 bits per heavy atom. The molecule has 0 spiro atoms. The van der Waals surface area contributed by atoms with Crippen molar-refractivity contribution < 1.29 is 19.2 Å². The number of carboxylic acid groups (broad SMARTS) is 1. The predicted molar refractivity (Wildman–Crippen MR) is 87.4 cm³/mol. The highest BCUT2D eigenvalue weighted by Crippen LogP contribution is 2.20. The molecular formula is C17H21N3O4. The van der Waals surface area contributed by atoms with Crippen LogP contribution in [0.5, 0.6) is 0 Å². The third kappa shape index (κ3) is 4.65. The third-order valence-electron chi connectivity index (χ3n) is 3.62. The van der Waals surface area contributed by atoms with E-state index in [9.17, 15) is 9.59 Å². The van der Waals surface area contributed by atoms with Crippen LogP contribution >= 0.6 is 0 Å². The molecule has 2 aromatic rings. The lowest BCUT2D eigenvalue weighted by Gasteiger charge is -2.07. The van der Waals surface area contributed by atoms with Crippen LogP contribution in [0.3, 0.4) is 0 Å². The number of aryl methyl sites for hydroxylation is 1. The van der Waals surface area contributed by atoms with Crippen molar-refractivity contribution in [1.29, 1.82) is 0 Å². The van der Waals surface area contributed by atoms with Gasteiger partial charge in [0, 0.05) is 18.4 Å². The fourth-order valence-electron chi connectivity index (χ4n) is 2.09. The number of benzene rings is 1. The summed E-state index contributed by atoms with van der Waals surface area (Å²) in [5, 5.41) is 15.0. The molecule has 0 saturated heterocycles. The lowest BCUT2D eigenvalue weighted by molar-refractivity contribution is -0.141. The number of carboxylic acids is 1. The number of hydrogen-bond acceptors (Lipinski definition) is 5. The zero-order valence-corrected chi connectivity index (χ0v) is 13.9. The molecule has 2 rings (SSSR count). The van der Waals surface area contributed by atoms with Gasteiger partial charge in [0.05, 0.1) is 0 Å². The molecule has 0 radical (unpaired) electrons. The second-order valence-corrected chi connectivity index (χ2v) is 5.92. The normalized spacial score (nSPS) is 12.2. The van der Waals surface area contributed by atoms with E-state index in [-0.39, 0.29) is 18.7 Å². The van der Waals surface area contributed by atoms with Gasteiger partial charge in [0.25, 0.3) is 0 Å². The largest absolute Gasteiger partial charge is 0.480 e. The molecule has 2 N–H and O–H groups in total. The average molecular weight is 331 g/mol. The molecule has 1 amide bonds. The maximum absolute atomic E-state index is 11.6. The molecule has 1 aromatic heterocycles. The third-order valence-corrected chi connectivity index (χ3v) is 3.62. The number of rotatable bonds is 7. The van der Waals surface area contributed by atoms with Gasteiger partial charge in [0.2, 0.25) is 17.6 Å². The molecule has 1 atom stereocenters. The molecule has 24 heavy (non-hydrogen) atoms. The molecule has 7 heteroatoms. The predicted octanol–water partition coefficient (Wildman–Crippen LogP) is 2.38. The standard InChI is InChI=1S/C17H21N3O4/c1-10(2)12-4-6-13(7-5-12)16-19-15(24-20-16)9-8-14(21)18-11(3)17(22)23/h4-7,10-11H,8-9H2,1-3H3,(H,18,21)(H,22,23)/t11-/m1/s1. The van der Waals surface area contributed by atoms with Gasteiger partial charge in [0.15, 0.2) is 0 Å². The molecule has 0 fully saturated rings. The van der Waals surface area contributed by atoms with Crippen LogP contribution in [-0.4, -0.2) is 33.2 Å². The topological polar surface area (TPSA) is 105 Å². The first-order chi connectivity index (χ1) is 11.4. The zero-order chi connectivity index (χ0) is 17.7. The first-order valence-electron chi connectivity index (χ1n) is 7.82. The number of aliphatic carboxylic acids is 1. The van der Waals surface area contributed by atoms with Gasteiger partial charge in [0.1, 0.15) is 6.04 Å². The van der Waals surface area contributed by atoms with E-state index in [4.69, 9.17) is 9.63 Å². The molecule has 1 aromatic carbocycles. The summed E-state index contributed by atoms with van der Waals surface area (Å²) < 4.78 is 5.14. The second kappa shape index (κ2) is 7.72. The molecular weight excluding hydrogens is 310 g/mol. The number of nitrogens with zero attached hydrogens (tertiary/aromatic N) is 2. The van der Waals surface area contributed by atoms with E-state index in [0.717, 1.165) is 5.56 Å². The Kier molecular flexibility index (Phi) is 5.68. The lowest BCUT2D eigenvalue weighted by atomic mass is 10.0. The van der Waals surface area contributed by atoms with Gasteiger partial charge in [-0.2, -0.15) is 4.98 Å². The summed E-state index contributed by atoms with van der Waals surface area (Å²) in [5.41, 5.74) is 2.07. The highest BCUT2D eigenvalue weighted by molar-refractivity contribution is 5.83. The van der Waals surface area contributed by atoms with Gasteiger partial charge < -0.3 is 14.9 Å². The quantitative estimate of drug-likeness (QED) is 0.807. The first kappa shape index (κ1) is 17.7. The summed E-state index contributed by atoms with van der Waals surface area (Å²) in [6, 6.07) is 7.00. The average Bonchev–Trinajstić information content (AvgIpc) is 3.02. The summed E-state index contributed by atoms with van der Waals surface area (Å²) in [6.45, 7) is 5.65. The summed E-state index contributed by atoms with van der Waals surface area (Å²) in [4.78, 5) is 26.6. The fraction of sp³-hybridized carbons (Fsp3) is 0.412. The number of hydrogen-bond donors (Lipinski definition) is 2. The van der Waals surface area contributed by atoms with Crippen LogP contribution in [0.25, 0.3) is 11.4 Å². The summed E-state index contributed by atoms with van der Waals surface area (Å²) in [5.74, 6) is -0.179. The van der Waals surface area contributed by atoms with Gasteiger partial charge in [-0.1, -0.05) is 43.3 Å². The number of nitrogens with one attached hydrogen (secondary N) is 1. The lowest BCUT2D eigenvalue weighted by Crippen LogP contribution is -2.38. The van der Waals surface area contributed by atoms with Crippen molar-refractivity contribution in [3.8, 4) is 11.4 Å². The van der Waals surface area contributed by atoms with Crippen molar-refractivity contribution in [2.75, 3.05) is 0 Å². The minimum absolute atomic E-state index is 0.0888. The van der Waals surface area contributed by atoms with Gasteiger partial charge >= 0.3 is 5.97 Å². The summed E-state index contributed by atoms with van der Waals surface area (Å²) >= 11 is 0. The smallest absolute Gasteiger partial charge is 0.325 e. The molecule has 1 heterocycles. The monoisotopic (exact) mass is 331 g/mol. The SMILES string of the molecule is CC(C)c1ccc(-c2noc(CCC(=O)N[C@H](C)C(=O)O)n2)cc1. The van der Waals surface area contributed by atoms with Crippen LogP contribution < -0.4 is 5.32 Å². The number of aromatic nitrogens is 2. The molecule has 0 saturated carbocycles. The molecule has 0 aliphatic carbocycles. The summed E-state index contributed by atoms with van der Waals surface area (Å²) in [7, 11) is 0. The molecule has 0 aliphatic heterocycles. The maximum atomic E-state index is 11.6. The van der Waals surface area contributed by atoms with E-state index >= 15 is 0 Å². The van der Waals surface area contributed by atoms with E-state index in [2.05, 4.69) is 29.3 Å². The zero-order valence-electron chi connectivity index (χ0n) is 13.9. The Labute approximate surface area is 140 Å². The number of carbonyl (C=O) groups excluding carboxylic acids is 1. The van der Waals surface area contributed by atoms with Crippen LogP contribution in [0, 0.1) is 0 Å². The van der Waals surface area contributed by atoms with Crippen molar-refractivity contribution in [2.45, 2.75) is 45.6 Å². The Morgan fingerprint density at radius 3 is 2.46 bits per heavy atom. The van der Waals surface area contributed by atoms with Crippen LogP contribution in [0.4, 0.5) is 0 Å². The van der Waals surface area contributed by atoms with E-state index in [1.165, 1.54) is 12.5 Å². The van der Waals surface area contributed by atoms with E-state index in [1.807, 2.05) is 24.3 Å². The van der Waals surface area contributed by atoms with E-state index in [0.29, 0.717) is 17.6 Å². The molecule has 128 valence electrons. The molecule has 7 nitrogen and oxygen atoms in total. The van der Waals surface area contributed by atoms with Crippen molar-refractivity contribution in [2.24, 2.45) is 0 Å². The van der Waals surface area contributed by atoms with Crippen molar-refractivity contribution in [3.05, 3.63) is 35.7 Å². The highest BCUT2D eigenvalue weighted by atomic mass is 16.5. The van der Waals surface area contributed by atoms with Gasteiger partial charge in [-0.05, 0) is 18.4 Å². The Balaban J connectivity index is 1.93. The summed E-state index contributed by atoms with van der Waals surface area (Å²) in [6.07, 6.45) is 0.348. The number of amides is 1. The van der Waals surface area contributed by atoms with Crippen molar-refractivity contribution in [1.82, 2.24) is 15.5 Å². The minimum Gasteiger partial charge on any atom is -0.480 e. The minimum atomic E-state index is -1.08. The van der Waals surface area contributed by atoms with Crippen molar-refractivity contribution >= 4 is 11.9 Å². The maximum Gasteiger partial charge on any atom is 0.325 e. The van der Waals surface area contributed by atoms with Crippen LogP contribution in [-0.2, 0) is 16.0 Å². The van der Waals surface area contributed by atoms with Gasteiger partial charge in [-0.25, -0.2) is 0 Å².